The van der Waals surface area contributed by atoms with Crippen molar-refractivity contribution in [3.63, 3.8) is 0 Å². The summed E-state index contributed by atoms with van der Waals surface area (Å²) in [6.07, 6.45) is 1.14. The molecule has 0 atom stereocenters. The zero-order valence-corrected chi connectivity index (χ0v) is 13.5. The predicted molar refractivity (Wildman–Crippen MR) is 92.9 cm³/mol. The van der Waals surface area contributed by atoms with E-state index in [1.165, 1.54) is 38.3 Å². The number of rotatable bonds is 0. The number of nitrogens with zero attached hydrogens (tertiary/aromatic N) is 2. The number of aromatic nitrogens is 1. The molecule has 0 saturated heterocycles. The zero-order chi connectivity index (χ0) is 14.7. The summed E-state index contributed by atoms with van der Waals surface area (Å²) in [5.74, 6) is 1.06. The first-order valence-corrected chi connectivity index (χ1v) is 8.86. The molecule has 0 saturated carbocycles. The van der Waals surface area contributed by atoms with Crippen LogP contribution >= 0.6 is 11.8 Å². The van der Waals surface area contributed by atoms with E-state index in [1.807, 2.05) is 11.8 Å². The molecule has 0 unspecified atom stereocenters. The summed E-state index contributed by atoms with van der Waals surface area (Å²) >= 11 is 1.97. The molecule has 1 aromatic heterocycles. The summed E-state index contributed by atoms with van der Waals surface area (Å²) < 4.78 is 2.56. The van der Waals surface area contributed by atoms with E-state index in [4.69, 9.17) is 0 Å². The van der Waals surface area contributed by atoms with Gasteiger partial charge in [-0.1, -0.05) is 30.3 Å². The van der Waals surface area contributed by atoms with Gasteiger partial charge in [-0.15, -0.1) is 11.8 Å². The van der Waals surface area contributed by atoms with Gasteiger partial charge in [0.1, 0.15) is 0 Å². The van der Waals surface area contributed by atoms with E-state index in [1.54, 1.807) is 0 Å². The number of hydrogen-bond acceptors (Lipinski definition) is 2. The van der Waals surface area contributed by atoms with Gasteiger partial charge in [0, 0.05) is 46.9 Å². The summed E-state index contributed by atoms with van der Waals surface area (Å²) in [4.78, 5) is 3.86. The Morgan fingerprint density at radius 2 is 1.95 bits per heavy atom. The minimum absolute atomic E-state index is 1.06. The third-order valence-corrected chi connectivity index (χ3v) is 6.04. The summed E-state index contributed by atoms with van der Waals surface area (Å²) in [6, 6.07) is 15.7. The third kappa shape index (κ3) is 1.67. The van der Waals surface area contributed by atoms with E-state index >= 15 is 0 Å². The Bertz CT molecular complexity index is 894. The Morgan fingerprint density at radius 3 is 2.91 bits per heavy atom. The van der Waals surface area contributed by atoms with Gasteiger partial charge in [0.2, 0.25) is 0 Å². The second-order valence-electron chi connectivity index (χ2n) is 6.32. The van der Waals surface area contributed by atoms with Gasteiger partial charge in [0.25, 0.3) is 0 Å². The van der Waals surface area contributed by atoms with E-state index in [-0.39, 0.29) is 0 Å². The van der Waals surface area contributed by atoms with Gasteiger partial charge in [0.05, 0.1) is 5.52 Å². The molecule has 3 heterocycles. The molecule has 0 amide bonds. The Labute approximate surface area is 134 Å². The molecule has 110 valence electrons. The molecule has 0 aliphatic carbocycles. The van der Waals surface area contributed by atoms with Crippen LogP contribution in [-0.4, -0.2) is 23.1 Å². The molecule has 0 N–H and O–H groups in total. The maximum Gasteiger partial charge on any atom is 0.0670 e. The van der Waals surface area contributed by atoms with Gasteiger partial charge >= 0.3 is 0 Å². The molecule has 0 spiro atoms. The van der Waals surface area contributed by atoms with Gasteiger partial charge < -0.3 is 9.47 Å². The Hall–Kier alpha value is -1.71. The van der Waals surface area contributed by atoms with Crippen molar-refractivity contribution >= 4 is 22.7 Å². The highest BCUT2D eigenvalue weighted by atomic mass is 32.2. The minimum Gasteiger partial charge on any atom is -0.312 e. The van der Waals surface area contributed by atoms with Crippen LogP contribution < -0.4 is 0 Å². The van der Waals surface area contributed by atoms with E-state index in [2.05, 4.69) is 59.0 Å². The number of benzene rings is 2. The van der Waals surface area contributed by atoms with E-state index in [0.29, 0.717) is 0 Å². The predicted octanol–water partition coefficient (Wildman–Crippen LogP) is 4.22. The van der Waals surface area contributed by atoms with Crippen LogP contribution in [0.5, 0.6) is 0 Å². The first kappa shape index (κ1) is 12.8. The molecular formula is C19H18N2S. The average molecular weight is 306 g/mol. The van der Waals surface area contributed by atoms with Crippen LogP contribution in [0.25, 0.3) is 16.6 Å². The lowest BCUT2D eigenvalue weighted by Crippen LogP contribution is -2.27. The smallest absolute Gasteiger partial charge is 0.0670 e. The van der Waals surface area contributed by atoms with Crippen molar-refractivity contribution in [2.45, 2.75) is 23.6 Å². The van der Waals surface area contributed by atoms with Crippen molar-refractivity contribution in [1.29, 1.82) is 0 Å². The minimum atomic E-state index is 1.06. The maximum absolute atomic E-state index is 2.56. The third-order valence-electron chi connectivity index (χ3n) is 4.94. The summed E-state index contributed by atoms with van der Waals surface area (Å²) in [6.45, 7) is 2.21. The standard InChI is InChI=1S/C19H18N2S/c1-20-10-9-17-15(11-20)14-6-4-8-18-19(14)21(17)16-7-3-2-5-13(16)12-22-18/h2-8H,9-12H2,1H3. The van der Waals surface area contributed by atoms with Gasteiger partial charge in [-0.3, -0.25) is 0 Å². The lowest BCUT2D eigenvalue weighted by Gasteiger charge is -2.24. The first-order chi connectivity index (χ1) is 10.8. The van der Waals surface area contributed by atoms with Crippen LogP contribution in [0.3, 0.4) is 0 Å². The second kappa shape index (κ2) is 4.64. The highest BCUT2D eigenvalue weighted by molar-refractivity contribution is 7.98. The maximum atomic E-state index is 2.56. The number of fused-ring (bicyclic) bond motifs is 5. The van der Waals surface area contributed by atoms with E-state index < -0.39 is 0 Å². The molecule has 3 heteroatoms. The van der Waals surface area contributed by atoms with Crippen LogP contribution in [0.1, 0.15) is 16.8 Å². The zero-order valence-electron chi connectivity index (χ0n) is 12.7. The van der Waals surface area contributed by atoms with Crippen LogP contribution in [0.15, 0.2) is 47.4 Å². The monoisotopic (exact) mass is 306 g/mol. The van der Waals surface area contributed by atoms with Crippen molar-refractivity contribution in [2.75, 3.05) is 13.6 Å². The molecule has 2 aliphatic rings. The molecule has 2 aliphatic heterocycles. The number of para-hydroxylation sites is 2. The van der Waals surface area contributed by atoms with Crippen molar-refractivity contribution in [3.05, 3.63) is 59.3 Å². The highest BCUT2D eigenvalue weighted by Gasteiger charge is 2.26. The second-order valence-corrected chi connectivity index (χ2v) is 7.34. The SMILES string of the molecule is CN1CCc2c(c3cccc4c3n2-c2ccccc2CS4)C1. The van der Waals surface area contributed by atoms with Crippen molar-refractivity contribution in [1.82, 2.24) is 9.47 Å². The lowest BCUT2D eigenvalue weighted by molar-refractivity contribution is 0.311. The van der Waals surface area contributed by atoms with Crippen LogP contribution in [0, 0.1) is 0 Å². The molecule has 2 nitrogen and oxygen atoms in total. The Kier molecular flexibility index (Phi) is 2.70. The van der Waals surface area contributed by atoms with Gasteiger partial charge in [-0.05, 0) is 30.3 Å². The van der Waals surface area contributed by atoms with Gasteiger partial charge in [0.15, 0.2) is 0 Å². The molecule has 2 aromatic carbocycles. The van der Waals surface area contributed by atoms with Gasteiger partial charge in [-0.2, -0.15) is 0 Å². The quantitative estimate of drug-likeness (QED) is 0.614. The molecule has 22 heavy (non-hydrogen) atoms. The molecule has 0 bridgehead atoms. The first-order valence-electron chi connectivity index (χ1n) is 7.88. The molecule has 3 aromatic rings. The van der Waals surface area contributed by atoms with E-state index in [0.717, 1.165) is 25.3 Å². The van der Waals surface area contributed by atoms with Crippen molar-refractivity contribution in [2.24, 2.45) is 0 Å². The molecular weight excluding hydrogens is 288 g/mol. The van der Waals surface area contributed by atoms with Crippen LogP contribution in [-0.2, 0) is 18.7 Å². The lowest BCUT2D eigenvalue weighted by atomic mass is 10.0. The number of likely N-dealkylation sites (N-methyl/N-ethyl adjacent to an activating group) is 1. The normalized spacial score (nSPS) is 17.1. The van der Waals surface area contributed by atoms with Crippen molar-refractivity contribution < 1.29 is 0 Å². The largest absolute Gasteiger partial charge is 0.312 e. The fourth-order valence-corrected chi connectivity index (χ4v) is 4.96. The fourth-order valence-electron chi connectivity index (χ4n) is 3.90. The number of hydrogen-bond donors (Lipinski definition) is 0. The summed E-state index contributed by atoms with van der Waals surface area (Å²) in [5, 5.41) is 1.45. The van der Waals surface area contributed by atoms with Crippen molar-refractivity contribution in [3.8, 4) is 5.69 Å². The van der Waals surface area contributed by atoms with Crippen LogP contribution in [0.4, 0.5) is 0 Å². The Balaban J connectivity index is 1.94. The average Bonchev–Trinajstić information content (AvgIpc) is 2.77. The van der Waals surface area contributed by atoms with E-state index in [9.17, 15) is 0 Å². The van der Waals surface area contributed by atoms with Crippen LogP contribution in [0.2, 0.25) is 0 Å². The number of thioether (sulfide) groups is 1. The highest BCUT2D eigenvalue weighted by Crippen LogP contribution is 2.42. The summed E-state index contributed by atoms with van der Waals surface area (Å²) in [7, 11) is 2.23. The Morgan fingerprint density at radius 1 is 1.05 bits per heavy atom. The topological polar surface area (TPSA) is 8.17 Å². The molecule has 0 radical (unpaired) electrons. The molecule has 0 fully saturated rings. The fraction of sp³-hybridized carbons (Fsp3) is 0.263. The molecule has 5 rings (SSSR count). The summed E-state index contributed by atoms with van der Waals surface area (Å²) in [5.41, 5.74) is 7.31. The van der Waals surface area contributed by atoms with Gasteiger partial charge in [-0.25, -0.2) is 0 Å².